The highest BCUT2D eigenvalue weighted by atomic mass is 31.0. The second kappa shape index (κ2) is 3.23. The quantitative estimate of drug-likeness (QED) is 0.447. The Labute approximate surface area is 67.6 Å². The molecule has 1 nitrogen and oxygen atoms in total. The Kier molecular flexibility index (Phi) is 3.38. The molecule has 0 aliphatic rings. The molecule has 0 aromatic heterocycles. The fourth-order valence-electron chi connectivity index (χ4n) is 1.17. The van der Waals surface area contributed by atoms with Gasteiger partial charge in [-0.25, -0.2) is 0 Å². The fraction of sp³-hybridized carbons (Fsp3) is 1.00. The molecule has 0 heterocycles. The maximum atomic E-state index is 5.30. The Morgan fingerprint density at radius 3 is 1.80 bits per heavy atom. The average Bonchev–Trinajstić information content (AvgIpc) is 1.60. The summed E-state index contributed by atoms with van der Waals surface area (Å²) in [5.74, 6) is 0. The highest BCUT2D eigenvalue weighted by molar-refractivity contribution is 7.18. The molecule has 10 heavy (non-hydrogen) atoms. The third kappa shape index (κ3) is 5.26. The van der Waals surface area contributed by atoms with Crippen molar-refractivity contribution in [3.05, 3.63) is 0 Å². The molecular weight excluding hydrogens is 142 g/mol. The highest BCUT2D eigenvalue weighted by Gasteiger charge is 2.23. The van der Waals surface area contributed by atoms with Crippen molar-refractivity contribution in [2.24, 2.45) is 0 Å². The van der Waals surface area contributed by atoms with Crippen molar-refractivity contribution in [1.82, 2.24) is 0 Å². The molecule has 60 valence electrons. The largest absolute Gasteiger partial charge is 0.439 e. The molecule has 0 spiro atoms. The van der Waals surface area contributed by atoms with E-state index in [4.69, 9.17) is 4.65 Å². The molecule has 0 aromatic carbocycles. The van der Waals surface area contributed by atoms with Gasteiger partial charge in [0.2, 0.25) is 0 Å². The lowest BCUT2D eigenvalue weighted by Crippen LogP contribution is -2.31. The molecule has 0 radical (unpaired) electrons. The zero-order chi connectivity index (χ0) is 8.41. The minimum atomic E-state index is 0.00521. The number of hydrogen-bond donors (Lipinski definition) is 0. The van der Waals surface area contributed by atoms with Crippen molar-refractivity contribution in [1.29, 1.82) is 0 Å². The van der Waals surface area contributed by atoms with E-state index in [1.54, 1.807) is 8.05 Å². The van der Waals surface area contributed by atoms with Gasteiger partial charge in [0, 0.05) is 5.60 Å². The Hall–Kier alpha value is 0.455. The first-order valence-corrected chi connectivity index (χ1v) is 4.19. The van der Waals surface area contributed by atoms with Gasteiger partial charge in [0.05, 0.1) is 0 Å². The first-order valence-electron chi connectivity index (χ1n) is 3.61. The maximum absolute atomic E-state index is 5.30. The van der Waals surface area contributed by atoms with Crippen LogP contribution in [0.5, 0.6) is 0 Å². The molecule has 0 bridgehead atoms. The van der Waals surface area contributed by atoms with E-state index in [1.807, 2.05) is 0 Å². The predicted octanol–water partition coefficient (Wildman–Crippen LogP) is 1.37. The fourth-order valence-corrected chi connectivity index (χ4v) is 1.66. The molecule has 0 aromatic rings. The SMILES string of the molecule is BOC(C)(C)CC(C)(C)P. The minimum absolute atomic E-state index is 0.00521. The molecule has 0 aliphatic carbocycles. The Bertz CT molecular complexity index is 107. The summed E-state index contributed by atoms with van der Waals surface area (Å²) < 4.78 is 5.30. The normalized spacial score (nSPS) is 13.7. The van der Waals surface area contributed by atoms with Crippen LogP contribution in [0, 0.1) is 0 Å². The first kappa shape index (κ1) is 10.5. The van der Waals surface area contributed by atoms with Gasteiger partial charge < -0.3 is 4.65 Å². The standard InChI is InChI=1S/C7H18BOP/c1-6(2,9-8)5-7(3,4)10/h5,8,10H2,1-4H3. The van der Waals surface area contributed by atoms with Gasteiger partial charge in [-0.1, -0.05) is 13.8 Å². The summed E-state index contributed by atoms with van der Waals surface area (Å²) in [5, 5.41) is 0.277. The van der Waals surface area contributed by atoms with E-state index in [0.29, 0.717) is 0 Å². The zero-order valence-electron chi connectivity index (χ0n) is 7.69. The smallest absolute Gasteiger partial charge is 0.258 e. The minimum Gasteiger partial charge on any atom is -0.439 e. The molecule has 3 heteroatoms. The lowest BCUT2D eigenvalue weighted by molar-refractivity contribution is 0.103. The van der Waals surface area contributed by atoms with Crippen molar-refractivity contribution >= 4 is 17.3 Å². The Balaban J connectivity index is 3.89. The van der Waals surface area contributed by atoms with E-state index in [1.165, 1.54) is 0 Å². The van der Waals surface area contributed by atoms with Crippen LogP contribution in [-0.2, 0) is 4.65 Å². The summed E-state index contributed by atoms with van der Waals surface area (Å²) in [6.07, 6.45) is 1.06. The molecule has 0 saturated heterocycles. The molecule has 0 rings (SSSR count). The van der Waals surface area contributed by atoms with Gasteiger partial charge in [0.15, 0.2) is 0 Å². The molecule has 0 N–H and O–H groups in total. The van der Waals surface area contributed by atoms with Gasteiger partial charge in [-0.05, 0) is 25.4 Å². The van der Waals surface area contributed by atoms with Crippen molar-refractivity contribution in [2.75, 3.05) is 0 Å². The second-order valence-electron chi connectivity index (χ2n) is 4.13. The summed E-state index contributed by atoms with van der Waals surface area (Å²) in [5.41, 5.74) is 0.00521. The van der Waals surface area contributed by atoms with Gasteiger partial charge in [0.25, 0.3) is 8.05 Å². The van der Waals surface area contributed by atoms with Crippen LogP contribution in [0.2, 0.25) is 0 Å². The molecule has 1 atom stereocenters. The molecule has 1 unspecified atom stereocenters. The van der Waals surface area contributed by atoms with Crippen molar-refractivity contribution in [3.63, 3.8) is 0 Å². The van der Waals surface area contributed by atoms with Crippen LogP contribution in [0.25, 0.3) is 0 Å². The molecule has 0 fully saturated rings. The van der Waals surface area contributed by atoms with Crippen LogP contribution in [0.3, 0.4) is 0 Å². The van der Waals surface area contributed by atoms with Crippen molar-refractivity contribution in [2.45, 2.75) is 44.9 Å². The second-order valence-corrected chi connectivity index (χ2v) is 5.69. The van der Waals surface area contributed by atoms with Gasteiger partial charge in [-0.3, -0.25) is 0 Å². The number of hydrogen-bond acceptors (Lipinski definition) is 1. The zero-order valence-corrected chi connectivity index (χ0v) is 8.85. The predicted molar refractivity (Wildman–Crippen MR) is 52.1 cm³/mol. The summed E-state index contributed by atoms with van der Waals surface area (Å²) >= 11 is 0. The summed E-state index contributed by atoms with van der Waals surface area (Å²) in [6, 6.07) is 0. The highest BCUT2D eigenvalue weighted by Crippen LogP contribution is 2.29. The van der Waals surface area contributed by atoms with Crippen LogP contribution >= 0.6 is 9.24 Å². The third-order valence-electron chi connectivity index (χ3n) is 1.43. The summed E-state index contributed by atoms with van der Waals surface area (Å²) in [6.45, 7) is 8.61. The van der Waals surface area contributed by atoms with Crippen molar-refractivity contribution in [3.8, 4) is 0 Å². The van der Waals surface area contributed by atoms with Crippen LogP contribution in [0.4, 0.5) is 0 Å². The first-order chi connectivity index (χ1) is 4.27. The van der Waals surface area contributed by atoms with Gasteiger partial charge in [-0.15, -0.1) is 9.24 Å². The van der Waals surface area contributed by atoms with E-state index in [9.17, 15) is 0 Å². The lowest BCUT2D eigenvalue weighted by Gasteiger charge is -2.31. The monoisotopic (exact) mass is 160 g/mol. The third-order valence-corrected chi connectivity index (χ3v) is 1.64. The van der Waals surface area contributed by atoms with Gasteiger partial charge in [0.1, 0.15) is 0 Å². The van der Waals surface area contributed by atoms with E-state index in [2.05, 4.69) is 36.9 Å². The molecule has 0 saturated carbocycles. The van der Waals surface area contributed by atoms with Gasteiger partial charge in [-0.2, -0.15) is 0 Å². The average molecular weight is 160 g/mol. The van der Waals surface area contributed by atoms with Crippen LogP contribution in [0.15, 0.2) is 0 Å². The van der Waals surface area contributed by atoms with Crippen LogP contribution in [0.1, 0.15) is 34.1 Å². The molecule has 0 amide bonds. The van der Waals surface area contributed by atoms with E-state index in [-0.39, 0.29) is 10.8 Å². The van der Waals surface area contributed by atoms with E-state index >= 15 is 0 Å². The topological polar surface area (TPSA) is 9.23 Å². The van der Waals surface area contributed by atoms with Crippen LogP contribution < -0.4 is 0 Å². The summed E-state index contributed by atoms with van der Waals surface area (Å²) in [4.78, 5) is 0. The lowest BCUT2D eigenvalue weighted by atomic mass is 9.95. The van der Waals surface area contributed by atoms with E-state index in [0.717, 1.165) is 6.42 Å². The number of rotatable bonds is 3. The Morgan fingerprint density at radius 1 is 1.30 bits per heavy atom. The molecule has 0 aliphatic heterocycles. The van der Waals surface area contributed by atoms with Gasteiger partial charge >= 0.3 is 0 Å². The van der Waals surface area contributed by atoms with E-state index < -0.39 is 0 Å². The van der Waals surface area contributed by atoms with Crippen LogP contribution in [-0.4, -0.2) is 18.8 Å². The molecular formula is C7H18BOP. The Morgan fingerprint density at radius 2 is 1.70 bits per heavy atom. The summed E-state index contributed by atoms with van der Waals surface area (Å²) in [7, 11) is 4.59. The van der Waals surface area contributed by atoms with Crippen molar-refractivity contribution < 1.29 is 4.65 Å². The maximum Gasteiger partial charge on any atom is 0.258 e.